The summed E-state index contributed by atoms with van der Waals surface area (Å²) >= 11 is 0. The van der Waals surface area contributed by atoms with Crippen LogP contribution in [0.15, 0.2) is 59.6 Å². The number of nitrogens with two attached hydrogens (primary N) is 2. The average Bonchev–Trinajstić information content (AvgIpc) is 2.74. The number of ether oxygens (including phenoxy) is 2. The molecule has 0 fully saturated rings. The molecular weight excluding hydrogens is 400 g/mol. The van der Waals surface area contributed by atoms with E-state index in [0.717, 1.165) is 11.1 Å². The second kappa shape index (κ2) is 9.34. The average molecular weight is 427 g/mol. The molecule has 0 saturated heterocycles. The third-order valence-electron chi connectivity index (χ3n) is 4.64. The Morgan fingerprint density at radius 2 is 1.70 bits per heavy atom. The van der Waals surface area contributed by atoms with E-state index in [0.29, 0.717) is 29.2 Å². The molecule has 30 heavy (non-hydrogen) atoms. The fraction of sp³-hybridized carbons (Fsp3) is 0.273. The smallest absolute Gasteiger partial charge is 0.227 e. The molecule has 3 aromatic rings. The molecule has 8 heteroatoms. The molecule has 0 radical (unpaired) electrons. The topological polar surface area (TPSA) is 113 Å². The lowest BCUT2D eigenvalue weighted by molar-refractivity contribution is -0.212. The second-order valence-electron chi connectivity index (χ2n) is 6.54. The summed E-state index contributed by atoms with van der Waals surface area (Å²) in [4.78, 5) is 8.83. The zero-order valence-corrected chi connectivity index (χ0v) is 18.1. The van der Waals surface area contributed by atoms with Crippen molar-refractivity contribution in [2.75, 3.05) is 30.9 Å². The Morgan fingerprint density at radius 3 is 2.27 bits per heavy atom. The number of anilines is 2. The van der Waals surface area contributed by atoms with Gasteiger partial charge in [-0.05, 0) is 31.0 Å². The van der Waals surface area contributed by atoms with Crippen LogP contribution in [0.1, 0.15) is 25.0 Å². The van der Waals surface area contributed by atoms with Crippen molar-refractivity contribution >= 4 is 22.6 Å². The molecular formula is C22H26N4O3S. The first-order chi connectivity index (χ1) is 14.4. The Labute approximate surface area is 178 Å². The van der Waals surface area contributed by atoms with Crippen molar-refractivity contribution in [1.29, 1.82) is 0 Å². The highest BCUT2D eigenvalue weighted by molar-refractivity contribution is 7.84. The normalized spacial score (nSPS) is 12.6. The predicted molar refractivity (Wildman–Crippen MR) is 119 cm³/mol. The van der Waals surface area contributed by atoms with Crippen LogP contribution in [0.3, 0.4) is 0 Å². The first-order valence-electron chi connectivity index (χ1n) is 9.62. The number of hydrogen-bond acceptors (Lipinski definition) is 7. The molecule has 1 atom stereocenters. The molecule has 0 aliphatic carbocycles. The molecule has 0 saturated carbocycles. The zero-order valence-electron chi connectivity index (χ0n) is 17.3. The van der Waals surface area contributed by atoms with Gasteiger partial charge >= 0.3 is 0 Å². The molecule has 1 aromatic heterocycles. The highest BCUT2D eigenvalue weighted by Crippen LogP contribution is 2.40. The van der Waals surface area contributed by atoms with Crippen molar-refractivity contribution in [3.8, 4) is 11.1 Å². The van der Waals surface area contributed by atoms with Gasteiger partial charge in [-0.15, -0.1) is 0 Å². The van der Waals surface area contributed by atoms with E-state index in [2.05, 4.69) is 9.97 Å². The number of aromatic nitrogens is 2. The van der Waals surface area contributed by atoms with E-state index < -0.39 is 16.6 Å². The molecule has 1 unspecified atom stereocenters. The molecule has 0 amide bonds. The van der Waals surface area contributed by atoms with Gasteiger partial charge in [0.1, 0.15) is 5.82 Å². The second-order valence-corrected chi connectivity index (χ2v) is 7.89. The molecule has 158 valence electrons. The van der Waals surface area contributed by atoms with Gasteiger partial charge in [0.2, 0.25) is 11.7 Å². The fourth-order valence-electron chi connectivity index (χ4n) is 3.41. The van der Waals surface area contributed by atoms with Gasteiger partial charge in [0, 0.05) is 36.1 Å². The molecule has 1 heterocycles. The van der Waals surface area contributed by atoms with Crippen molar-refractivity contribution in [1.82, 2.24) is 9.97 Å². The van der Waals surface area contributed by atoms with Crippen molar-refractivity contribution in [3.63, 3.8) is 0 Å². The van der Waals surface area contributed by atoms with E-state index in [4.69, 9.17) is 20.9 Å². The maximum Gasteiger partial charge on any atom is 0.227 e. The number of benzene rings is 2. The summed E-state index contributed by atoms with van der Waals surface area (Å²) in [6.45, 7) is 4.41. The standard InChI is InChI=1S/C22H26N4O3S/c1-4-28-22(29-5-2,18-14-25-21(24)26-20(18)23)16-11-12-17(19(13-16)30(3)27)15-9-7-6-8-10-15/h6-14H,4-5H2,1-3H3,(H4,23,24,25,26). The Morgan fingerprint density at radius 1 is 1.03 bits per heavy atom. The minimum absolute atomic E-state index is 0.0629. The lowest BCUT2D eigenvalue weighted by Gasteiger charge is -2.34. The van der Waals surface area contributed by atoms with Gasteiger partial charge in [-0.1, -0.05) is 42.5 Å². The minimum Gasteiger partial charge on any atom is -0.383 e. The summed E-state index contributed by atoms with van der Waals surface area (Å²) in [6.07, 6.45) is 3.16. The minimum atomic E-state index is -1.36. The van der Waals surface area contributed by atoms with Crippen LogP contribution in [0.4, 0.5) is 11.8 Å². The summed E-state index contributed by atoms with van der Waals surface area (Å²) < 4.78 is 24.9. The van der Waals surface area contributed by atoms with E-state index in [9.17, 15) is 4.21 Å². The van der Waals surface area contributed by atoms with Crippen LogP contribution in [-0.2, 0) is 26.1 Å². The summed E-state index contributed by atoms with van der Waals surface area (Å²) in [7, 11) is -1.25. The molecule has 0 spiro atoms. The quantitative estimate of drug-likeness (QED) is 0.531. The number of rotatable bonds is 8. The van der Waals surface area contributed by atoms with Crippen LogP contribution >= 0.6 is 0 Å². The third-order valence-corrected chi connectivity index (χ3v) is 5.60. The van der Waals surface area contributed by atoms with Gasteiger partial charge in [-0.3, -0.25) is 4.21 Å². The molecule has 4 N–H and O–H groups in total. The fourth-order valence-corrected chi connectivity index (χ4v) is 4.20. The van der Waals surface area contributed by atoms with Crippen LogP contribution in [0, 0.1) is 0 Å². The first kappa shape index (κ1) is 21.9. The van der Waals surface area contributed by atoms with Crippen molar-refractivity contribution in [2.45, 2.75) is 24.5 Å². The molecule has 3 rings (SSSR count). The van der Waals surface area contributed by atoms with E-state index in [1.54, 1.807) is 6.26 Å². The van der Waals surface area contributed by atoms with Gasteiger partial charge in [0.25, 0.3) is 0 Å². The predicted octanol–water partition coefficient (Wildman–Crippen LogP) is 3.32. The first-order valence-corrected chi connectivity index (χ1v) is 11.2. The Balaban J connectivity index is 2.26. The van der Waals surface area contributed by atoms with Crippen molar-refractivity contribution < 1.29 is 13.7 Å². The lowest BCUT2D eigenvalue weighted by Crippen LogP contribution is -2.36. The van der Waals surface area contributed by atoms with Gasteiger partial charge in [0.15, 0.2) is 0 Å². The monoisotopic (exact) mass is 426 g/mol. The highest BCUT2D eigenvalue weighted by atomic mass is 32.2. The Hall–Kier alpha value is -2.81. The number of hydrogen-bond donors (Lipinski definition) is 2. The van der Waals surface area contributed by atoms with E-state index in [-0.39, 0.29) is 11.8 Å². The summed E-state index contributed by atoms with van der Waals surface area (Å²) in [5.74, 6) is -1.13. The van der Waals surface area contributed by atoms with Crippen LogP contribution in [0.2, 0.25) is 0 Å². The van der Waals surface area contributed by atoms with E-state index in [1.807, 2.05) is 62.4 Å². The molecule has 7 nitrogen and oxygen atoms in total. The molecule has 2 aromatic carbocycles. The zero-order chi connectivity index (χ0) is 21.7. The summed E-state index contributed by atoms with van der Waals surface area (Å²) in [5, 5.41) is 0. The molecule has 0 aliphatic heterocycles. The third kappa shape index (κ3) is 4.21. The van der Waals surface area contributed by atoms with Crippen molar-refractivity contribution in [2.24, 2.45) is 0 Å². The summed E-state index contributed by atoms with van der Waals surface area (Å²) in [5.41, 5.74) is 14.8. The van der Waals surface area contributed by atoms with Crippen LogP contribution in [0.25, 0.3) is 11.1 Å². The van der Waals surface area contributed by atoms with Gasteiger partial charge < -0.3 is 20.9 Å². The summed E-state index contributed by atoms with van der Waals surface area (Å²) in [6, 6.07) is 15.4. The van der Waals surface area contributed by atoms with E-state index in [1.165, 1.54) is 6.20 Å². The highest BCUT2D eigenvalue weighted by Gasteiger charge is 2.40. The maximum absolute atomic E-state index is 12.6. The van der Waals surface area contributed by atoms with Gasteiger partial charge in [-0.25, -0.2) is 4.98 Å². The van der Waals surface area contributed by atoms with Crippen LogP contribution in [-0.4, -0.2) is 33.6 Å². The van der Waals surface area contributed by atoms with Gasteiger partial charge in [0.05, 0.1) is 16.4 Å². The SMILES string of the molecule is CCOC(OCC)(c1ccc(-c2ccccc2)c(S(C)=O)c1)c1cnc(N)nc1N. The Bertz CT molecular complexity index is 1040. The number of nitrogen functional groups attached to an aromatic ring is 2. The largest absolute Gasteiger partial charge is 0.383 e. The number of nitrogens with zero attached hydrogens (tertiary/aromatic N) is 2. The van der Waals surface area contributed by atoms with E-state index >= 15 is 0 Å². The Kier molecular flexibility index (Phi) is 6.81. The van der Waals surface area contributed by atoms with Crippen molar-refractivity contribution in [3.05, 3.63) is 65.9 Å². The molecule has 0 bridgehead atoms. The maximum atomic E-state index is 12.6. The van der Waals surface area contributed by atoms with Crippen LogP contribution in [0.5, 0.6) is 0 Å². The van der Waals surface area contributed by atoms with Crippen LogP contribution < -0.4 is 11.5 Å². The molecule has 0 aliphatic rings. The lowest BCUT2D eigenvalue weighted by atomic mass is 9.95. The van der Waals surface area contributed by atoms with Gasteiger partial charge in [-0.2, -0.15) is 4.98 Å².